The average Bonchev–Trinajstić information content (AvgIpc) is 2.25. The number of carboxylic acids is 1. The highest BCUT2D eigenvalue weighted by Gasteiger charge is 2.37. The van der Waals surface area contributed by atoms with Gasteiger partial charge in [0.1, 0.15) is 0 Å². The predicted molar refractivity (Wildman–Crippen MR) is 72.4 cm³/mol. The Labute approximate surface area is 112 Å². The fourth-order valence-electron chi connectivity index (χ4n) is 2.29. The molecule has 19 heavy (non-hydrogen) atoms. The number of aliphatic carboxylic acids is 1. The molecule has 0 aliphatic carbocycles. The summed E-state index contributed by atoms with van der Waals surface area (Å²) in [5, 5.41) is 8.81. The van der Waals surface area contributed by atoms with Crippen molar-refractivity contribution in [3.8, 4) is 0 Å². The number of rotatable bonds is 2. The number of likely N-dealkylation sites (tertiary alicyclic amines) is 1. The highest BCUT2D eigenvalue weighted by atomic mass is 16.4. The second-order valence-corrected chi connectivity index (χ2v) is 5.07. The quantitative estimate of drug-likeness (QED) is 0.885. The number of urea groups is 1. The lowest BCUT2D eigenvalue weighted by Crippen LogP contribution is -2.56. The van der Waals surface area contributed by atoms with E-state index in [-0.39, 0.29) is 6.03 Å². The van der Waals surface area contributed by atoms with Crippen molar-refractivity contribution in [2.45, 2.75) is 13.8 Å². The first-order valence-electron chi connectivity index (χ1n) is 6.23. The summed E-state index contributed by atoms with van der Waals surface area (Å²) in [4.78, 5) is 26.0. The number of anilines is 1. The lowest BCUT2D eigenvalue weighted by molar-refractivity contribution is -0.145. The van der Waals surface area contributed by atoms with E-state index in [9.17, 15) is 9.59 Å². The first-order valence-corrected chi connectivity index (χ1v) is 6.23. The number of amides is 2. The lowest BCUT2D eigenvalue weighted by atomic mass is 10.0. The summed E-state index contributed by atoms with van der Waals surface area (Å²) in [6.45, 7) is 4.56. The fraction of sp³-hybridized carbons (Fsp3) is 0.429. The van der Waals surface area contributed by atoms with Gasteiger partial charge in [0.05, 0.1) is 5.92 Å². The van der Waals surface area contributed by atoms with Crippen LogP contribution in [-0.4, -0.2) is 42.1 Å². The Bertz CT molecular complexity index is 521. The molecule has 0 radical (unpaired) electrons. The molecule has 1 aliphatic rings. The minimum Gasteiger partial charge on any atom is -0.481 e. The van der Waals surface area contributed by atoms with Crippen LogP contribution in [-0.2, 0) is 4.79 Å². The molecule has 0 saturated carbocycles. The van der Waals surface area contributed by atoms with Crippen LogP contribution < -0.4 is 4.90 Å². The topological polar surface area (TPSA) is 60.9 Å². The van der Waals surface area contributed by atoms with E-state index in [2.05, 4.69) is 0 Å². The van der Waals surface area contributed by atoms with E-state index in [1.165, 1.54) is 0 Å². The minimum absolute atomic E-state index is 0.149. The molecule has 0 aromatic heterocycles. The summed E-state index contributed by atoms with van der Waals surface area (Å²) in [5.41, 5.74) is 3.04. The summed E-state index contributed by atoms with van der Waals surface area (Å²) < 4.78 is 0. The van der Waals surface area contributed by atoms with Crippen molar-refractivity contribution in [3.05, 3.63) is 29.3 Å². The molecule has 0 unspecified atom stereocenters. The summed E-state index contributed by atoms with van der Waals surface area (Å²) in [6.07, 6.45) is 0. The third kappa shape index (κ3) is 2.54. The third-order valence-corrected chi connectivity index (χ3v) is 3.50. The zero-order chi connectivity index (χ0) is 14.2. The van der Waals surface area contributed by atoms with Crippen LogP contribution >= 0.6 is 0 Å². The van der Waals surface area contributed by atoms with Gasteiger partial charge < -0.3 is 10.0 Å². The first-order chi connectivity index (χ1) is 8.90. The van der Waals surface area contributed by atoms with Crippen LogP contribution in [0.25, 0.3) is 0 Å². The highest BCUT2D eigenvalue weighted by Crippen LogP contribution is 2.24. The minimum atomic E-state index is -0.835. The summed E-state index contributed by atoms with van der Waals surface area (Å²) in [7, 11) is 1.72. The smallest absolute Gasteiger partial charge is 0.324 e. The number of nitrogens with zero attached hydrogens (tertiary/aromatic N) is 2. The molecule has 0 bridgehead atoms. The van der Waals surface area contributed by atoms with Crippen LogP contribution in [0.3, 0.4) is 0 Å². The maximum atomic E-state index is 12.2. The van der Waals surface area contributed by atoms with Gasteiger partial charge in [0, 0.05) is 25.8 Å². The van der Waals surface area contributed by atoms with Crippen molar-refractivity contribution in [1.29, 1.82) is 0 Å². The molecule has 1 fully saturated rings. The molecule has 2 amide bonds. The van der Waals surface area contributed by atoms with E-state index >= 15 is 0 Å². The molecule has 1 aromatic rings. The zero-order valence-electron chi connectivity index (χ0n) is 11.4. The highest BCUT2D eigenvalue weighted by molar-refractivity contribution is 5.93. The largest absolute Gasteiger partial charge is 0.481 e. The van der Waals surface area contributed by atoms with E-state index < -0.39 is 11.9 Å². The number of carbonyl (C=O) groups excluding carboxylic acids is 1. The van der Waals surface area contributed by atoms with E-state index in [1.807, 2.05) is 32.0 Å². The molecule has 1 N–H and O–H groups in total. The second-order valence-electron chi connectivity index (χ2n) is 5.07. The first kappa shape index (κ1) is 13.4. The molecule has 1 saturated heterocycles. The monoisotopic (exact) mass is 262 g/mol. The van der Waals surface area contributed by atoms with Crippen molar-refractivity contribution in [2.24, 2.45) is 5.92 Å². The third-order valence-electron chi connectivity index (χ3n) is 3.50. The maximum Gasteiger partial charge on any atom is 0.324 e. The Morgan fingerprint density at radius 2 is 1.95 bits per heavy atom. The maximum absolute atomic E-state index is 12.2. The molecule has 1 heterocycles. The van der Waals surface area contributed by atoms with Gasteiger partial charge in [-0.1, -0.05) is 17.7 Å². The van der Waals surface area contributed by atoms with Gasteiger partial charge in [-0.2, -0.15) is 0 Å². The summed E-state index contributed by atoms with van der Waals surface area (Å²) in [6, 6.07) is 5.75. The van der Waals surface area contributed by atoms with Crippen LogP contribution in [0.15, 0.2) is 18.2 Å². The van der Waals surface area contributed by atoms with Gasteiger partial charge in [-0.25, -0.2) is 4.79 Å². The van der Waals surface area contributed by atoms with Crippen LogP contribution in [0, 0.1) is 19.8 Å². The predicted octanol–water partition coefficient (Wildman–Crippen LogP) is 1.88. The van der Waals surface area contributed by atoms with Crippen LogP contribution in [0.4, 0.5) is 10.5 Å². The van der Waals surface area contributed by atoms with Crippen molar-refractivity contribution in [2.75, 3.05) is 25.0 Å². The lowest BCUT2D eigenvalue weighted by Gasteiger charge is -2.39. The second kappa shape index (κ2) is 4.91. The molecule has 1 aromatic carbocycles. The molecule has 0 spiro atoms. The van der Waals surface area contributed by atoms with Crippen molar-refractivity contribution >= 4 is 17.7 Å². The number of hydrogen-bond donors (Lipinski definition) is 1. The molecular formula is C14H18N2O3. The van der Waals surface area contributed by atoms with Crippen molar-refractivity contribution in [3.63, 3.8) is 0 Å². The van der Waals surface area contributed by atoms with Crippen LogP contribution in [0.5, 0.6) is 0 Å². The van der Waals surface area contributed by atoms with E-state index in [0.29, 0.717) is 13.1 Å². The Morgan fingerprint density at radius 1 is 1.32 bits per heavy atom. The Morgan fingerprint density at radius 3 is 2.47 bits per heavy atom. The number of aryl methyl sites for hydroxylation is 2. The van der Waals surface area contributed by atoms with Gasteiger partial charge in [-0.3, -0.25) is 9.69 Å². The van der Waals surface area contributed by atoms with E-state index in [0.717, 1.165) is 16.8 Å². The summed E-state index contributed by atoms with van der Waals surface area (Å²) >= 11 is 0. The van der Waals surface area contributed by atoms with Gasteiger partial charge in [0.15, 0.2) is 0 Å². The molecule has 2 rings (SSSR count). The molecule has 102 valence electrons. The van der Waals surface area contributed by atoms with Crippen LogP contribution in [0.1, 0.15) is 11.1 Å². The van der Waals surface area contributed by atoms with Gasteiger partial charge in [0.2, 0.25) is 0 Å². The van der Waals surface area contributed by atoms with Gasteiger partial charge in [-0.05, 0) is 25.5 Å². The average molecular weight is 262 g/mol. The Kier molecular flexibility index (Phi) is 3.46. The molecular weight excluding hydrogens is 244 g/mol. The SMILES string of the molecule is Cc1ccc(N(C)C(=O)N2CC(C(=O)O)C2)c(C)c1. The Balaban J connectivity index is 2.06. The van der Waals surface area contributed by atoms with Gasteiger partial charge >= 0.3 is 12.0 Å². The standard InChI is InChI=1S/C14H18N2O3/c1-9-4-5-12(10(2)6-9)15(3)14(19)16-7-11(8-16)13(17)18/h4-6,11H,7-8H2,1-3H3,(H,17,18). The number of carbonyl (C=O) groups is 2. The molecule has 5 nitrogen and oxygen atoms in total. The number of carboxylic acid groups (broad SMARTS) is 1. The summed E-state index contributed by atoms with van der Waals surface area (Å²) in [5.74, 6) is -1.25. The number of hydrogen-bond acceptors (Lipinski definition) is 2. The zero-order valence-corrected chi connectivity index (χ0v) is 11.4. The van der Waals surface area contributed by atoms with E-state index in [4.69, 9.17) is 5.11 Å². The van der Waals surface area contributed by atoms with Crippen LogP contribution in [0.2, 0.25) is 0 Å². The molecule has 0 atom stereocenters. The van der Waals surface area contributed by atoms with Gasteiger partial charge in [0.25, 0.3) is 0 Å². The van der Waals surface area contributed by atoms with Gasteiger partial charge in [-0.15, -0.1) is 0 Å². The normalized spacial score (nSPS) is 15.0. The molecule has 5 heteroatoms. The Hall–Kier alpha value is -2.04. The van der Waals surface area contributed by atoms with Crippen molar-refractivity contribution < 1.29 is 14.7 Å². The number of benzene rings is 1. The van der Waals surface area contributed by atoms with E-state index in [1.54, 1.807) is 16.8 Å². The van der Waals surface area contributed by atoms with Crippen molar-refractivity contribution in [1.82, 2.24) is 4.90 Å². The fourth-order valence-corrected chi connectivity index (χ4v) is 2.29. The molecule has 1 aliphatic heterocycles.